The number of rotatable bonds is 12. The van der Waals surface area contributed by atoms with Crippen LogP contribution < -0.4 is 16.0 Å². The van der Waals surface area contributed by atoms with Crippen LogP contribution in [-0.2, 0) is 9.53 Å². The Morgan fingerprint density at radius 1 is 0.711 bits per heavy atom. The summed E-state index contributed by atoms with van der Waals surface area (Å²) in [6, 6.07) is 0.993. The van der Waals surface area contributed by atoms with E-state index in [-0.39, 0.29) is 57.1 Å². The minimum atomic E-state index is -0.130. The maximum Gasteiger partial charge on any atom is 0.309 e. The summed E-state index contributed by atoms with van der Waals surface area (Å²) in [5, 5.41) is 11.6. The molecule has 0 aromatic rings. The fourth-order valence-electron chi connectivity index (χ4n) is 9.49. The molecule has 0 radical (unpaired) electrons. The molecule has 3 saturated heterocycles. The Labute approximate surface area is 279 Å². The first-order valence-electron chi connectivity index (χ1n) is 18.3. The van der Waals surface area contributed by atoms with Gasteiger partial charge in [-0.3, -0.25) is 14.6 Å². The predicted molar refractivity (Wildman–Crippen MR) is 191 cm³/mol. The second kappa shape index (κ2) is 14.0. The first kappa shape index (κ1) is 38.7. The van der Waals surface area contributed by atoms with Crippen molar-refractivity contribution in [3.63, 3.8) is 0 Å². The molecule has 7 heteroatoms. The standard InChI is InChI=1S/C38H75N5O2/c1-27(32(44)45-31-24-33(2,3)41-34(4,5)25-31)28(26-40-30-22-37(10,11)43(15)38(12,13)23-30)18-16-17-19-39-29-20-35(6,7)42(14)36(8,9)21-29/h27-31,39-41H,16-26H2,1-15H3. The number of ether oxygens (including phenoxy) is 1. The summed E-state index contributed by atoms with van der Waals surface area (Å²) >= 11 is 0. The van der Waals surface area contributed by atoms with E-state index in [1.54, 1.807) is 0 Å². The zero-order chi connectivity index (χ0) is 34.2. The number of carbonyl (C=O) groups excluding carboxylic acids is 1. The van der Waals surface area contributed by atoms with Crippen LogP contribution in [-0.4, -0.2) is 94.4 Å². The molecule has 0 saturated carbocycles. The van der Waals surface area contributed by atoms with Crippen molar-refractivity contribution in [2.24, 2.45) is 11.8 Å². The lowest BCUT2D eigenvalue weighted by atomic mass is 9.77. The fraction of sp³-hybridized carbons (Fsp3) is 0.974. The number of likely N-dealkylation sites (tertiary alicyclic amines) is 2. The van der Waals surface area contributed by atoms with Crippen molar-refractivity contribution in [1.29, 1.82) is 0 Å². The van der Waals surface area contributed by atoms with Crippen LogP contribution in [0, 0.1) is 11.8 Å². The number of piperidine rings is 3. The highest BCUT2D eigenvalue weighted by Crippen LogP contribution is 2.38. The molecule has 2 unspecified atom stereocenters. The molecule has 0 spiro atoms. The third kappa shape index (κ3) is 10.4. The quantitative estimate of drug-likeness (QED) is 0.162. The summed E-state index contributed by atoms with van der Waals surface area (Å²) in [6.07, 6.45) is 9.55. The van der Waals surface area contributed by atoms with E-state index in [4.69, 9.17) is 4.74 Å². The van der Waals surface area contributed by atoms with Gasteiger partial charge in [-0.15, -0.1) is 0 Å². The van der Waals surface area contributed by atoms with Crippen molar-refractivity contribution in [1.82, 2.24) is 25.8 Å². The monoisotopic (exact) mass is 634 g/mol. The van der Waals surface area contributed by atoms with Crippen LogP contribution in [0.1, 0.15) is 148 Å². The summed E-state index contributed by atoms with van der Waals surface area (Å²) in [6.45, 7) is 31.8. The molecule has 3 rings (SSSR count). The van der Waals surface area contributed by atoms with Gasteiger partial charge in [-0.1, -0.05) is 13.3 Å². The van der Waals surface area contributed by atoms with Gasteiger partial charge in [-0.2, -0.15) is 0 Å². The van der Waals surface area contributed by atoms with Crippen molar-refractivity contribution in [3.8, 4) is 0 Å². The Hall–Kier alpha value is -0.730. The summed E-state index contributed by atoms with van der Waals surface area (Å²) < 4.78 is 6.30. The maximum atomic E-state index is 13.7. The first-order chi connectivity index (χ1) is 20.4. The number of nitrogens with zero attached hydrogens (tertiary/aromatic N) is 2. The maximum absolute atomic E-state index is 13.7. The second-order valence-corrected chi connectivity index (χ2v) is 19.3. The lowest BCUT2D eigenvalue weighted by Crippen LogP contribution is -2.62. The first-order valence-corrected chi connectivity index (χ1v) is 18.3. The van der Waals surface area contributed by atoms with Gasteiger partial charge in [0.25, 0.3) is 0 Å². The van der Waals surface area contributed by atoms with Gasteiger partial charge < -0.3 is 20.7 Å². The lowest BCUT2D eigenvalue weighted by molar-refractivity contribution is -0.159. The van der Waals surface area contributed by atoms with Gasteiger partial charge in [0, 0.05) is 58.2 Å². The SMILES string of the molecule is CC(C(=O)OC1CC(C)(C)NC(C)(C)C1)C(CCCCNC1CC(C)(C)N(C)C(C)(C)C1)CNC1CC(C)(C)N(C)C(C)(C)C1. The number of hydrogen-bond acceptors (Lipinski definition) is 7. The third-order valence-corrected chi connectivity index (χ3v) is 12.2. The Morgan fingerprint density at radius 2 is 1.13 bits per heavy atom. The second-order valence-electron chi connectivity index (χ2n) is 19.3. The average Bonchev–Trinajstić information content (AvgIpc) is 2.84. The van der Waals surface area contributed by atoms with Crippen LogP contribution >= 0.6 is 0 Å². The zero-order valence-electron chi connectivity index (χ0n) is 32.4. The van der Waals surface area contributed by atoms with Crippen molar-refractivity contribution in [2.45, 2.75) is 199 Å². The summed E-state index contributed by atoms with van der Waals surface area (Å²) in [4.78, 5) is 18.8. The van der Waals surface area contributed by atoms with Crippen LogP contribution in [0.2, 0.25) is 0 Å². The molecule has 0 bridgehead atoms. The Balaban J connectivity index is 1.61. The summed E-state index contributed by atoms with van der Waals surface area (Å²) in [5.41, 5.74) is 0.572. The number of unbranched alkanes of at least 4 members (excludes halogenated alkanes) is 1. The van der Waals surface area contributed by atoms with Crippen molar-refractivity contribution in [2.75, 3.05) is 27.2 Å². The molecule has 0 amide bonds. The van der Waals surface area contributed by atoms with Crippen molar-refractivity contribution < 1.29 is 9.53 Å². The minimum Gasteiger partial charge on any atom is -0.462 e. The van der Waals surface area contributed by atoms with Crippen LogP contribution in [0.25, 0.3) is 0 Å². The summed E-state index contributed by atoms with van der Waals surface area (Å²) in [5.74, 6) is 0.111. The van der Waals surface area contributed by atoms with Crippen molar-refractivity contribution in [3.05, 3.63) is 0 Å². The molecule has 3 heterocycles. The van der Waals surface area contributed by atoms with Gasteiger partial charge in [-0.05, 0) is 155 Å². The van der Waals surface area contributed by atoms with Crippen LogP contribution in [0.3, 0.4) is 0 Å². The molecular formula is C38H75N5O2. The zero-order valence-corrected chi connectivity index (χ0v) is 32.4. The van der Waals surface area contributed by atoms with Crippen LogP contribution in [0.15, 0.2) is 0 Å². The molecule has 264 valence electrons. The van der Waals surface area contributed by atoms with E-state index in [1.807, 2.05) is 0 Å². The van der Waals surface area contributed by atoms with E-state index in [9.17, 15) is 4.79 Å². The Morgan fingerprint density at radius 3 is 1.58 bits per heavy atom. The molecular weight excluding hydrogens is 558 g/mol. The van der Waals surface area contributed by atoms with E-state index < -0.39 is 0 Å². The van der Waals surface area contributed by atoms with Crippen LogP contribution in [0.4, 0.5) is 0 Å². The van der Waals surface area contributed by atoms with Gasteiger partial charge in [0.2, 0.25) is 0 Å². The van der Waals surface area contributed by atoms with E-state index in [0.717, 1.165) is 58.0 Å². The van der Waals surface area contributed by atoms with Gasteiger partial charge in [0.05, 0.1) is 5.92 Å². The smallest absolute Gasteiger partial charge is 0.309 e. The molecule has 3 N–H and O–H groups in total. The lowest BCUT2D eigenvalue weighted by Gasteiger charge is -2.54. The Bertz CT molecular complexity index is 935. The minimum absolute atomic E-state index is 0.0155. The number of hydrogen-bond donors (Lipinski definition) is 3. The molecule has 0 aromatic carbocycles. The molecule has 3 aliphatic heterocycles. The van der Waals surface area contributed by atoms with Gasteiger partial charge in [0.15, 0.2) is 0 Å². The van der Waals surface area contributed by atoms with E-state index >= 15 is 0 Å². The molecule has 0 aliphatic carbocycles. The normalized spacial score (nSPS) is 28.4. The molecule has 0 aromatic heterocycles. The predicted octanol–water partition coefficient (Wildman–Crippen LogP) is 6.74. The number of nitrogens with one attached hydrogen (secondary N) is 3. The van der Waals surface area contributed by atoms with Gasteiger partial charge in [-0.25, -0.2) is 0 Å². The highest BCUT2D eigenvalue weighted by molar-refractivity contribution is 5.72. The number of carbonyl (C=O) groups is 1. The largest absolute Gasteiger partial charge is 0.462 e. The van der Waals surface area contributed by atoms with Gasteiger partial charge >= 0.3 is 5.97 Å². The highest BCUT2D eigenvalue weighted by atomic mass is 16.5. The average molecular weight is 634 g/mol. The van der Waals surface area contributed by atoms with Gasteiger partial charge in [0.1, 0.15) is 6.10 Å². The van der Waals surface area contributed by atoms with Crippen molar-refractivity contribution >= 4 is 5.97 Å². The van der Waals surface area contributed by atoms with Crippen LogP contribution in [0.5, 0.6) is 0 Å². The molecule has 3 fully saturated rings. The number of esters is 1. The summed E-state index contributed by atoms with van der Waals surface area (Å²) in [7, 11) is 4.54. The molecule has 7 nitrogen and oxygen atoms in total. The fourth-order valence-corrected chi connectivity index (χ4v) is 9.49. The van der Waals surface area contributed by atoms with E-state index in [0.29, 0.717) is 12.1 Å². The third-order valence-electron chi connectivity index (χ3n) is 12.2. The Kier molecular flexibility index (Phi) is 12.1. The molecule has 2 atom stereocenters. The molecule has 3 aliphatic rings. The molecule has 45 heavy (non-hydrogen) atoms. The van der Waals surface area contributed by atoms with E-state index in [2.05, 4.69) is 130 Å². The van der Waals surface area contributed by atoms with E-state index in [1.165, 1.54) is 12.8 Å². The topological polar surface area (TPSA) is 68.9 Å². The highest BCUT2D eigenvalue weighted by Gasteiger charge is 2.45.